The Kier molecular flexibility index (Phi) is 7.39. The van der Waals surface area contributed by atoms with Crippen LogP contribution in [0.15, 0.2) is 48.8 Å². The summed E-state index contributed by atoms with van der Waals surface area (Å²) < 4.78 is 0. The molecule has 2 heterocycles. The number of rotatable bonds is 6. The number of amides is 2. The Hall–Kier alpha value is -3.40. The Balaban J connectivity index is 1.75. The van der Waals surface area contributed by atoms with E-state index in [1.807, 2.05) is 30.3 Å². The van der Waals surface area contributed by atoms with Crippen molar-refractivity contribution >= 4 is 17.5 Å². The topological polar surface area (TPSA) is 89.3 Å². The molecule has 7 heteroatoms. The zero-order valence-electron chi connectivity index (χ0n) is 20.9. The first-order valence-electron chi connectivity index (χ1n) is 12.6. The van der Waals surface area contributed by atoms with E-state index in [9.17, 15) is 14.9 Å². The summed E-state index contributed by atoms with van der Waals surface area (Å²) in [6.45, 7) is 6.97. The highest BCUT2D eigenvalue weighted by Crippen LogP contribution is 2.33. The van der Waals surface area contributed by atoms with Crippen LogP contribution in [0.3, 0.4) is 0 Å². The molecule has 2 aromatic rings. The summed E-state index contributed by atoms with van der Waals surface area (Å²) in [5.74, 6) is -0.449. The molecule has 2 atom stereocenters. The lowest BCUT2D eigenvalue weighted by molar-refractivity contribution is -0.131. The number of carbonyl (C=O) groups excluding carboxylic acids is 2. The van der Waals surface area contributed by atoms with Gasteiger partial charge < -0.3 is 5.32 Å². The highest BCUT2D eigenvalue weighted by Gasteiger charge is 2.42. The summed E-state index contributed by atoms with van der Waals surface area (Å²) >= 11 is 0. The molecule has 1 aliphatic carbocycles. The normalized spacial score (nSPS) is 19.3. The van der Waals surface area contributed by atoms with E-state index in [0.29, 0.717) is 24.2 Å². The fourth-order valence-electron chi connectivity index (χ4n) is 4.93. The Labute approximate surface area is 208 Å². The van der Waals surface area contributed by atoms with Gasteiger partial charge in [0, 0.05) is 36.2 Å². The van der Waals surface area contributed by atoms with Gasteiger partial charge in [0.25, 0.3) is 5.91 Å². The number of nitrogens with one attached hydrogen (secondary N) is 1. The van der Waals surface area contributed by atoms with Gasteiger partial charge in [-0.05, 0) is 48.4 Å². The van der Waals surface area contributed by atoms with Crippen LogP contribution in [0.5, 0.6) is 0 Å². The molecule has 184 valence electrons. The van der Waals surface area contributed by atoms with Crippen LogP contribution in [0.4, 0.5) is 5.69 Å². The SMILES string of the molecule is CC(C)(C)c1ccc(N(C(=O)[C@H]2CCN2C#N)C(C(=O)NC2CCCCC2)c2cccnc2)cc1. The third-order valence-corrected chi connectivity index (χ3v) is 7.14. The molecule has 0 bridgehead atoms. The van der Waals surface area contributed by atoms with Gasteiger partial charge in [-0.15, -0.1) is 0 Å². The molecular formula is C28H35N5O2. The van der Waals surface area contributed by atoms with Gasteiger partial charge in [-0.1, -0.05) is 58.2 Å². The number of anilines is 1. The number of aromatic nitrogens is 1. The molecule has 0 radical (unpaired) electrons. The van der Waals surface area contributed by atoms with Crippen molar-refractivity contribution in [3.63, 3.8) is 0 Å². The predicted molar refractivity (Wildman–Crippen MR) is 135 cm³/mol. The number of pyridine rings is 1. The summed E-state index contributed by atoms with van der Waals surface area (Å²) in [5, 5.41) is 12.7. The van der Waals surface area contributed by atoms with Crippen molar-refractivity contribution < 1.29 is 9.59 Å². The molecule has 1 saturated carbocycles. The van der Waals surface area contributed by atoms with E-state index in [4.69, 9.17) is 0 Å². The van der Waals surface area contributed by atoms with E-state index < -0.39 is 12.1 Å². The highest BCUT2D eigenvalue weighted by molar-refractivity contribution is 6.04. The molecule has 1 aromatic heterocycles. The lowest BCUT2D eigenvalue weighted by Crippen LogP contribution is -2.57. The second-order valence-electron chi connectivity index (χ2n) is 10.6. The maximum absolute atomic E-state index is 13.9. The lowest BCUT2D eigenvalue weighted by Gasteiger charge is -2.41. The number of hydrogen-bond donors (Lipinski definition) is 1. The lowest BCUT2D eigenvalue weighted by atomic mass is 9.87. The Morgan fingerprint density at radius 2 is 1.83 bits per heavy atom. The van der Waals surface area contributed by atoms with Gasteiger partial charge in [-0.3, -0.25) is 24.4 Å². The minimum atomic E-state index is -0.875. The van der Waals surface area contributed by atoms with E-state index in [2.05, 4.69) is 37.3 Å². The van der Waals surface area contributed by atoms with Crippen LogP contribution in [-0.2, 0) is 15.0 Å². The zero-order chi connectivity index (χ0) is 25.0. The second-order valence-corrected chi connectivity index (χ2v) is 10.6. The van der Waals surface area contributed by atoms with Gasteiger partial charge in [0.05, 0.1) is 0 Å². The first-order chi connectivity index (χ1) is 16.8. The third kappa shape index (κ3) is 5.48. The molecule has 4 rings (SSSR count). The zero-order valence-corrected chi connectivity index (χ0v) is 20.9. The number of benzene rings is 1. The summed E-state index contributed by atoms with van der Waals surface area (Å²) in [4.78, 5) is 35.1. The Bertz CT molecular complexity index is 1070. The van der Waals surface area contributed by atoms with Gasteiger partial charge in [-0.2, -0.15) is 5.26 Å². The highest BCUT2D eigenvalue weighted by atomic mass is 16.2. The van der Waals surface area contributed by atoms with Crippen molar-refractivity contribution in [1.29, 1.82) is 5.26 Å². The van der Waals surface area contributed by atoms with Crippen LogP contribution in [0.25, 0.3) is 0 Å². The molecular weight excluding hydrogens is 438 g/mol. The second kappa shape index (κ2) is 10.5. The van der Waals surface area contributed by atoms with E-state index in [1.54, 1.807) is 23.4 Å². The first kappa shape index (κ1) is 24.7. The Morgan fingerprint density at radius 1 is 1.11 bits per heavy atom. The van der Waals surface area contributed by atoms with Crippen molar-refractivity contribution in [2.45, 2.75) is 82.8 Å². The molecule has 0 spiro atoms. The van der Waals surface area contributed by atoms with E-state index in [1.165, 1.54) is 11.3 Å². The van der Waals surface area contributed by atoms with Crippen molar-refractivity contribution in [3.05, 3.63) is 59.9 Å². The van der Waals surface area contributed by atoms with Gasteiger partial charge in [-0.25, -0.2) is 0 Å². The van der Waals surface area contributed by atoms with Gasteiger partial charge in [0.1, 0.15) is 12.1 Å². The summed E-state index contributed by atoms with van der Waals surface area (Å²) in [6.07, 6.45) is 11.3. The van der Waals surface area contributed by atoms with Crippen LogP contribution in [0.1, 0.15) is 76.5 Å². The average molecular weight is 474 g/mol. The van der Waals surface area contributed by atoms with Crippen molar-refractivity contribution in [2.75, 3.05) is 11.4 Å². The molecule has 1 aliphatic heterocycles. The van der Waals surface area contributed by atoms with Crippen LogP contribution < -0.4 is 10.2 Å². The molecule has 35 heavy (non-hydrogen) atoms. The standard InChI is InChI=1S/C28H35N5O2/c1-28(2,3)21-11-13-23(14-12-21)33(27(35)24-15-17-32(24)19-29)25(20-8-7-16-30-18-20)26(34)31-22-9-5-4-6-10-22/h7-8,11-14,16,18,22,24-25H,4-6,9-10,15,17H2,1-3H3,(H,31,34)/t24-,25?/m1/s1. The third-order valence-electron chi connectivity index (χ3n) is 7.14. The average Bonchev–Trinajstić information content (AvgIpc) is 2.82. The molecule has 2 amide bonds. The molecule has 2 aliphatic rings. The summed E-state index contributed by atoms with van der Waals surface area (Å²) in [7, 11) is 0. The van der Waals surface area contributed by atoms with Crippen LogP contribution in [-0.4, -0.2) is 40.3 Å². The van der Waals surface area contributed by atoms with Gasteiger partial charge in [0.2, 0.25) is 5.91 Å². The maximum Gasteiger partial charge on any atom is 0.251 e. The molecule has 1 aromatic carbocycles. The predicted octanol–water partition coefficient (Wildman–Crippen LogP) is 4.46. The minimum absolute atomic E-state index is 0.0416. The molecule has 1 unspecified atom stereocenters. The van der Waals surface area contributed by atoms with Crippen LogP contribution in [0, 0.1) is 11.5 Å². The van der Waals surface area contributed by atoms with Crippen molar-refractivity contribution in [1.82, 2.24) is 15.2 Å². The smallest absolute Gasteiger partial charge is 0.251 e. The van der Waals surface area contributed by atoms with Crippen molar-refractivity contribution in [3.8, 4) is 6.19 Å². The van der Waals surface area contributed by atoms with Gasteiger partial charge in [0.15, 0.2) is 6.19 Å². The van der Waals surface area contributed by atoms with Gasteiger partial charge >= 0.3 is 0 Å². The quantitative estimate of drug-likeness (QED) is 0.626. The minimum Gasteiger partial charge on any atom is -0.351 e. The monoisotopic (exact) mass is 473 g/mol. The van der Waals surface area contributed by atoms with E-state index >= 15 is 0 Å². The molecule has 2 fully saturated rings. The largest absolute Gasteiger partial charge is 0.351 e. The van der Waals surface area contributed by atoms with E-state index in [0.717, 1.165) is 31.2 Å². The molecule has 7 nitrogen and oxygen atoms in total. The summed E-state index contributed by atoms with van der Waals surface area (Å²) in [6, 6.07) is 10.1. The number of nitriles is 1. The number of hydrogen-bond acceptors (Lipinski definition) is 5. The fourth-order valence-corrected chi connectivity index (χ4v) is 4.93. The number of likely N-dealkylation sites (tertiary alicyclic amines) is 1. The molecule has 1 N–H and O–H groups in total. The fraction of sp³-hybridized carbons (Fsp3) is 0.500. The number of nitrogens with zero attached hydrogens (tertiary/aromatic N) is 4. The van der Waals surface area contributed by atoms with E-state index in [-0.39, 0.29) is 23.3 Å². The van der Waals surface area contributed by atoms with Crippen LogP contribution >= 0.6 is 0 Å². The summed E-state index contributed by atoms with van der Waals surface area (Å²) in [5.41, 5.74) is 2.39. The number of carbonyl (C=O) groups is 2. The van der Waals surface area contributed by atoms with Crippen LogP contribution in [0.2, 0.25) is 0 Å². The molecule has 1 saturated heterocycles. The maximum atomic E-state index is 13.9. The van der Waals surface area contributed by atoms with Crippen molar-refractivity contribution in [2.24, 2.45) is 0 Å². The Morgan fingerprint density at radius 3 is 2.37 bits per heavy atom. The first-order valence-corrected chi connectivity index (χ1v) is 12.6.